The summed E-state index contributed by atoms with van der Waals surface area (Å²) in [4.78, 5) is 24.6. The standard InChI is InChI=1S/C18H19N5O2/c1-12(13-6-5-9-21-11-13)22-16(17(19)20-2)18(24)23-14-7-4-8-15(10-14)25-3/h4-11H,2,19H2,1,3H3,(H,23,24)/b17-16-,22-12?. The number of hydrogen-bond acceptors (Lipinski definition) is 6. The van der Waals surface area contributed by atoms with Crippen LogP contribution >= 0.6 is 0 Å². The Morgan fingerprint density at radius 1 is 1.32 bits per heavy atom. The Kier molecular flexibility index (Phi) is 6.00. The van der Waals surface area contributed by atoms with Crippen LogP contribution in [0.4, 0.5) is 5.69 Å². The van der Waals surface area contributed by atoms with Crippen LogP contribution in [0, 0.1) is 0 Å². The third-order valence-corrected chi connectivity index (χ3v) is 3.31. The number of anilines is 1. The van der Waals surface area contributed by atoms with Gasteiger partial charge in [-0.1, -0.05) is 12.1 Å². The average Bonchev–Trinajstić information content (AvgIpc) is 2.66. The molecule has 0 atom stereocenters. The molecule has 0 bridgehead atoms. The van der Waals surface area contributed by atoms with E-state index in [4.69, 9.17) is 10.5 Å². The summed E-state index contributed by atoms with van der Waals surface area (Å²) < 4.78 is 5.14. The molecule has 3 N–H and O–H groups in total. The van der Waals surface area contributed by atoms with Gasteiger partial charge in [0, 0.05) is 35.4 Å². The first-order valence-electron chi connectivity index (χ1n) is 7.42. The number of aliphatic imine (C=N–C) groups is 2. The first-order valence-corrected chi connectivity index (χ1v) is 7.42. The zero-order valence-electron chi connectivity index (χ0n) is 14.1. The summed E-state index contributed by atoms with van der Waals surface area (Å²) in [6.07, 6.45) is 3.30. The van der Waals surface area contributed by atoms with E-state index in [9.17, 15) is 4.79 Å². The third-order valence-electron chi connectivity index (χ3n) is 3.31. The molecule has 2 aromatic rings. The monoisotopic (exact) mass is 337 g/mol. The number of nitrogens with zero attached hydrogens (tertiary/aromatic N) is 3. The van der Waals surface area contributed by atoms with Crippen LogP contribution in [0.2, 0.25) is 0 Å². The van der Waals surface area contributed by atoms with Crippen LogP contribution in [0.25, 0.3) is 0 Å². The fourth-order valence-corrected chi connectivity index (χ4v) is 2.00. The van der Waals surface area contributed by atoms with Crippen molar-refractivity contribution in [3.05, 3.63) is 65.9 Å². The molecule has 0 aliphatic carbocycles. The summed E-state index contributed by atoms with van der Waals surface area (Å²) in [5, 5.41) is 2.72. The van der Waals surface area contributed by atoms with Crippen LogP contribution in [0.15, 0.2) is 70.3 Å². The highest BCUT2D eigenvalue weighted by molar-refractivity contribution is 6.08. The smallest absolute Gasteiger partial charge is 0.278 e. The van der Waals surface area contributed by atoms with Gasteiger partial charge in [-0.15, -0.1) is 0 Å². The molecule has 2 rings (SSSR count). The van der Waals surface area contributed by atoms with Crippen molar-refractivity contribution >= 4 is 24.0 Å². The van der Waals surface area contributed by atoms with Gasteiger partial charge in [-0.25, -0.2) is 9.98 Å². The first kappa shape index (κ1) is 17.9. The Morgan fingerprint density at radius 2 is 2.12 bits per heavy atom. The largest absolute Gasteiger partial charge is 0.497 e. The highest BCUT2D eigenvalue weighted by Crippen LogP contribution is 2.18. The number of aromatic nitrogens is 1. The van der Waals surface area contributed by atoms with Crippen molar-refractivity contribution in [1.82, 2.24) is 4.98 Å². The molecule has 0 saturated carbocycles. The van der Waals surface area contributed by atoms with Gasteiger partial charge < -0.3 is 15.8 Å². The number of nitrogens with two attached hydrogens (primary N) is 1. The normalized spacial score (nSPS) is 12.2. The Hall–Kier alpha value is -3.48. The van der Waals surface area contributed by atoms with Crippen molar-refractivity contribution < 1.29 is 9.53 Å². The summed E-state index contributed by atoms with van der Waals surface area (Å²) in [6.45, 7) is 5.12. The second-order valence-electron chi connectivity index (χ2n) is 5.02. The van der Waals surface area contributed by atoms with E-state index in [0.29, 0.717) is 17.1 Å². The Morgan fingerprint density at radius 3 is 2.76 bits per heavy atom. The predicted octanol–water partition coefficient (Wildman–Crippen LogP) is 2.37. The molecular weight excluding hydrogens is 318 g/mol. The number of nitrogens with one attached hydrogen (secondary N) is 1. The number of carbonyl (C=O) groups is 1. The number of carbonyl (C=O) groups excluding carboxylic acids is 1. The van der Waals surface area contributed by atoms with Crippen LogP contribution in [-0.2, 0) is 4.79 Å². The van der Waals surface area contributed by atoms with Crippen molar-refractivity contribution in [2.75, 3.05) is 12.4 Å². The molecule has 1 aromatic carbocycles. The molecule has 0 spiro atoms. The quantitative estimate of drug-likeness (QED) is 0.624. The Labute approximate surface area is 146 Å². The van der Waals surface area contributed by atoms with E-state index in [1.807, 2.05) is 6.07 Å². The zero-order chi connectivity index (χ0) is 18.2. The van der Waals surface area contributed by atoms with Gasteiger partial charge >= 0.3 is 0 Å². The van der Waals surface area contributed by atoms with Crippen molar-refractivity contribution in [1.29, 1.82) is 0 Å². The van der Waals surface area contributed by atoms with E-state index >= 15 is 0 Å². The highest BCUT2D eigenvalue weighted by Gasteiger charge is 2.14. The topological polar surface area (TPSA) is 102 Å². The predicted molar refractivity (Wildman–Crippen MR) is 98.8 cm³/mol. The summed E-state index contributed by atoms with van der Waals surface area (Å²) in [6, 6.07) is 10.6. The number of benzene rings is 1. The fourth-order valence-electron chi connectivity index (χ4n) is 2.00. The molecule has 7 heteroatoms. The summed E-state index contributed by atoms with van der Waals surface area (Å²) >= 11 is 0. The second-order valence-corrected chi connectivity index (χ2v) is 5.02. The van der Waals surface area contributed by atoms with Gasteiger partial charge in [0.15, 0.2) is 11.5 Å². The molecule has 25 heavy (non-hydrogen) atoms. The Bertz CT molecular complexity index is 828. The van der Waals surface area contributed by atoms with Crippen molar-refractivity contribution in [3.63, 3.8) is 0 Å². The van der Waals surface area contributed by atoms with Crippen LogP contribution in [0.3, 0.4) is 0 Å². The van der Waals surface area contributed by atoms with E-state index < -0.39 is 5.91 Å². The molecule has 0 saturated heterocycles. The van der Waals surface area contributed by atoms with Crippen LogP contribution in [0.1, 0.15) is 12.5 Å². The first-order chi connectivity index (χ1) is 12.0. The minimum Gasteiger partial charge on any atom is -0.497 e. The molecule has 0 radical (unpaired) electrons. The van der Waals surface area contributed by atoms with Gasteiger partial charge in [0.25, 0.3) is 5.91 Å². The van der Waals surface area contributed by atoms with Gasteiger partial charge in [-0.3, -0.25) is 9.78 Å². The van der Waals surface area contributed by atoms with Crippen LogP contribution in [0.5, 0.6) is 5.75 Å². The Balaban J connectivity index is 2.32. The van der Waals surface area contributed by atoms with Crippen LogP contribution in [-0.4, -0.2) is 30.4 Å². The van der Waals surface area contributed by atoms with Gasteiger partial charge in [0.1, 0.15) is 5.75 Å². The zero-order valence-corrected chi connectivity index (χ0v) is 14.1. The number of hydrogen-bond donors (Lipinski definition) is 2. The number of pyridine rings is 1. The van der Waals surface area contributed by atoms with Crippen molar-refractivity contribution in [3.8, 4) is 5.75 Å². The van der Waals surface area contributed by atoms with E-state index in [2.05, 4.69) is 27.0 Å². The lowest BCUT2D eigenvalue weighted by Gasteiger charge is -2.09. The SMILES string of the molecule is C=N/C(N)=C(\N=C(C)c1cccnc1)C(=O)Nc1cccc(OC)c1. The number of ether oxygens (including phenoxy) is 1. The molecule has 0 unspecified atom stereocenters. The molecule has 0 fully saturated rings. The third kappa shape index (κ3) is 4.74. The van der Waals surface area contributed by atoms with Gasteiger partial charge in [-0.05, 0) is 31.8 Å². The van der Waals surface area contributed by atoms with E-state index in [-0.39, 0.29) is 11.5 Å². The van der Waals surface area contributed by atoms with Crippen molar-refractivity contribution in [2.24, 2.45) is 15.7 Å². The molecule has 1 amide bonds. The maximum Gasteiger partial charge on any atom is 0.278 e. The number of amides is 1. The molecule has 128 valence electrons. The number of rotatable bonds is 6. The van der Waals surface area contributed by atoms with E-state index in [0.717, 1.165) is 5.56 Å². The van der Waals surface area contributed by atoms with Gasteiger partial charge in [0.2, 0.25) is 0 Å². The molecule has 7 nitrogen and oxygen atoms in total. The molecule has 1 heterocycles. The van der Waals surface area contributed by atoms with Gasteiger partial charge in [0.05, 0.1) is 7.11 Å². The minimum absolute atomic E-state index is 0.0285. The average molecular weight is 337 g/mol. The maximum absolute atomic E-state index is 12.6. The van der Waals surface area contributed by atoms with E-state index in [1.165, 1.54) is 0 Å². The lowest BCUT2D eigenvalue weighted by atomic mass is 10.2. The lowest BCUT2D eigenvalue weighted by molar-refractivity contribution is -0.112. The molecule has 1 aromatic heterocycles. The molecule has 0 aliphatic rings. The summed E-state index contributed by atoms with van der Waals surface area (Å²) in [5.41, 5.74) is 7.67. The minimum atomic E-state index is -0.499. The summed E-state index contributed by atoms with van der Waals surface area (Å²) in [7, 11) is 1.55. The van der Waals surface area contributed by atoms with Crippen molar-refractivity contribution in [2.45, 2.75) is 6.92 Å². The highest BCUT2D eigenvalue weighted by atomic mass is 16.5. The summed E-state index contributed by atoms with van der Waals surface area (Å²) in [5.74, 6) is 0.0539. The lowest BCUT2D eigenvalue weighted by Crippen LogP contribution is -2.18. The fraction of sp³-hybridized carbons (Fsp3) is 0.111. The van der Waals surface area contributed by atoms with Crippen LogP contribution < -0.4 is 15.8 Å². The van der Waals surface area contributed by atoms with Gasteiger partial charge in [-0.2, -0.15) is 0 Å². The molecular formula is C18H19N5O2. The maximum atomic E-state index is 12.6. The van der Waals surface area contributed by atoms with E-state index in [1.54, 1.807) is 56.8 Å². The number of methoxy groups -OCH3 is 1. The second kappa shape index (κ2) is 8.39. The molecule has 0 aliphatic heterocycles.